The molecule has 2 rings (SSSR count). The average molecular weight is 459 g/mol. The molecule has 0 heterocycles. The standard InChI is InChI=1S/C20H24ClFN2O3S2/c1-14-8-9-17(21)12-19(14)24(29(3,26)27)15(2)20(25)23-10-11-28-13-16-6-4-5-7-18(16)22/h4-9,12,15H,10-11,13H2,1-3H3,(H,23,25)/t15-/m0/s1. The minimum atomic E-state index is -3.71. The van der Waals surface area contributed by atoms with Gasteiger partial charge in [0.1, 0.15) is 11.9 Å². The van der Waals surface area contributed by atoms with E-state index < -0.39 is 22.0 Å². The van der Waals surface area contributed by atoms with Crippen LogP contribution in [0.4, 0.5) is 10.1 Å². The first-order valence-electron chi connectivity index (χ1n) is 8.95. The van der Waals surface area contributed by atoms with E-state index in [0.29, 0.717) is 39.9 Å². The molecular weight excluding hydrogens is 435 g/mol. The Labute approximate surface area is 180 Å². The molecule has 9 heteroatoms. The number of hydrogen-bond donors (Lipinski definition) is 1. The summed E-state index contributed by atoms with van der Waals surface area (Å²) in [6.07, 6.45) is 1.06. The molecule has 29 heavy (non-hydrogen) atoms. The molecular formula is C20H24ClFN2O3S2. The normalized spacial score (nSPS) is 12.4. The molecule has 1 N–H and O–H groups in total. The minimum absolute atomic E-state index is 0.252. The van der Waals surface area contributed by atoms with Gasteiger partial charge < -0.3 is 5.32 Å². The Morgan fingerprint density at radius 2 is 1.97 bits per heavy atom. The molecule has 0 saturated heterocycles. The summed E-state index contributed by atoms with van der Waals surface area (Å²) in [5, 5.41) is 3.13. The first kappa shape index (κ1) is 23.5. The van der Waals surface area contributed by atoms with Crippen LogP contribution in [-0.4, -0.2) is 38.9 Å². The highest BCUT2D eigenvalue weighted by atomic mass is 35.5. The minimum Gasteiger partial charge on any atom is -0.353 e. The number of nitrogens with one attached hydrogen (secondary N) is 1. The highest BCUT2D eigenvalue weighted by molar-refractivity contribution is 7.98. The second-order valence-electron chi connectivity index (χ2n) is 6.60. The summed E-state index contributed by atoms with van der Waals surface area (Å²) in [5.74, 6) is 0.400. The second-order valence-corrected chi connectivity index (χ2v) is 10.0. The number of aryl methyl sites for hydroxylation is 1. The summed E-state index contributed by atoms with van der Waals surface area (Å²) in [6.45, 7) is 3.63. The van der Waals surface area contributed by atoms with E-state index in [1.54, 1.807) is 37.3 Å². The van der Waals surface area contributed by atoms with Gasteiger partial charge in [0.25, 0.3) is 0 Å². The number of carbonyl (C=O) groups excluding carboxylic acids is 1. The molecule has 158 valence electrons. The molecule has 0 bridgehead atoms. The van der Waals surface area contributed by atoms with Crippen LogP contribution in [0.25, 0.3) is 0 Å². The lowest BCUT2D eigenvalue weighted by molar-refractivity contribution is -0.121. The van der Waals surface area contributed by atoms with E-state index in [4.69, 9.17) is 11.6 Å². The molecule has 0 unspecified atom stereocenters. The number of benzene rings is 2. The third kappa shape index (κ3) is 6.62. The van der Waals surface area contributed by atoms with E-state index in [1.165, 1.54) is 30.8 Å². The molecule has 0 spiro atoms. The van der Waals surface area contributed by atoms with E-state index in [9.17, 15) is 17.6 Å². The summed E-state index contributed by atoms with van der Waals surface area (Å²) >= 11 is 7.51. The zero-order valence-electron chi connectivity index (χ0n) is 16.5. The van der Waals surface area contributed by atoms with Crippen LogP contribution in [-0.2, 0) is 20.6 Å². The van der Waals surface area contributed by atoms with Gasteiger partial charge in [0.15, 0.2) is 0 Å². The van der Waals surface area contributed by atoms with Crippen molar-refractivity contribution in [3.05, 3.63) is 64.4 Å². The topological polar surface area (TPSA) is 66.5 Å². The zero-order chi connectivity index (χ0) is 21.6. The fraction of sp³-hybridized carbons (Fsp3) is 0.350. The Hall–Kier alpha value is -1.77. The maximum Gasteiger partial charge on any atom is 0.243 e. The third-order valence-electron chi connectivity index (χ3n) is 4.26. The van der Waals surface area contributed by atoms with Gasteiger partial charge in [0.05, 0.1) is 11.9 Å². The first-order valence-corrected chi connectivity index (χ1v) is 12.3. The van der Waals surface area contributed by atoms with Crippen molar-refractivity contribution in [2.45, 2.75) is 25.6 Å². The molecule has 0 aromatic heterocycles. The molecule has 1 atom stereocenters. The number of carbonyl (C=O) groups is 1. The van der Waals surface area contributed by atoms with Gasteiger partial charge in [-0.15, -0.1) is 0 Å². The summed E-state index contributed by atoms with van der Waals surface area (Å²) in [5.41, 5.74) is 1.67. The van der Waals surface area contributed by atoms with Crippen LogP contribution in [0.3, 0.4) is 0 Å². The van der Waals surface area contributed by atoms with Crippen LogP contribution in [0, 0.1) is 12.7 Å². The van der Waals surface area contributed by atoms with Crippen LogP contribution in [0.2, 0.25) is 5.02 Å². The number of amides is 1. The third-order valence-corrected chi connectivity index (χ3v) is 6.73. The number of anilines is 1. The Morgan fingerprint density at radius 3 is 2.62 bits per heavy atom. The lowest BCUT2D eigenvalue weighted by Gasteiger charge is -2.29. The maximum atomic E-state index is 13.6. The highest BCUT2D eigenvalue weighted by Crippen LogP contribution is 2.28. The fourth-order valence-electron chi connectivity index (χ4n) is 2.79. The molecule has 0 saturated carbocycles. The predicted molar refractivity (Wildman–Crippen MR) is 119 cm³/mol. The molecule has 5 nitrogen and oxygen atoms in total. The molecule has 0 aliphatic rings. The van der Waals surface area contributed by atoms with Crippen molar-refractivity contribution >= 4 is 45.0 Å². The zero-order valence-corrected chi connectivity index (χ0v) is 18.9. The van der Waals surface area contributed by atoms with Crippen molar-refractivity contribution in [1.29, 1.82) is 0 Å². The van der Waals surface area contributed by atoms with E-state index >= 15 is 0 Å². The highest BCUT2D eigenvalue weighted by Gasteiger charge is 2.30. The summed E-state index contributed by atoms with van der Waals surface area (Å²) in [4.78, 5) is 12.6. The van der Waals surface area contributed by atoms with E-state index in [1.807, 2.05) is 0 Å². The van der Waals surface area contributed by atoms with Crippen molar-refractivity contribution in [2.75, 3.05) is 22.9 Å². The molecule has 0 fully saturated rings. The van der Waals surface area contributed by atoms with Gasteiger partial charge in [-0.05, 0) is 43.2 Å². The van der Waals surface area contributed by atoms with Gasteiger partial charge in [0, 0.05) is 23.1 Å². The number of rotatable bonds is 9. The Kier molecular flexibility index (Phi) is 8.36. The Morgan fingerprint density at radius 1 is 1.28 bits per heavy atom. The summed E-state index contributed by atoms with van der Waals surface area (Å²) in [6, 6.07) is 10.5. The van der Waals surface area contributed by atoms with Crippen molar-refractivity contribution in [3.63, 3.8) is 0 Å². The van der Waals surface area contributed by atoms with Gasteiger partial charge >= 0.3 is 0 Å². The van der Waals surface area contributed by atoms with Gasteiger partial charge in [-0.25, -0.2) is 12.8 Å². The molecule has 2 aromatic rings. The van der Waals surface area contributed by atoms with Gasteiger partial charge in [-0.2, -0.15) is 11.8 Å². The van der Waals surface area contributed by atoms with Crippen LogP contribution in [0.15, 0.2) is 42.5 Å². The largest absolute Gasteiger partial charge is 0.353 e. The van der Waals surface area contributed by atoms with E-state index in [0.717, 1.165) is 10.6 Å². The van der Waals surface area contributed by atoms with Crippen molar-refractivity contribution < 1.29 is 17.6 Å². The van der Waals surface area contributed by atoms with Gasteiger partial charge in [0.2, 0.25) is 15.9 Å². The number of halogens is 2. The fourth-order valence-corrected chi connectivity index (χ4v) is 5.03. The first-order chi connectivity index (χ1) is 13.6. The van der Waals surface area contributed by atoms with E-state index in [-0.39, 0.29) is 5.82 Å². The monoisotopic (exact) mass is 458 g/mol. The summed E-state index contributed by atoms with van der Waals surface area (Å²) in [7, 11) is -3.71. The van der Waals surface area contributed by atoms with Crippen LogP contribution in [0.5, 0.6) is 0 Å². The molecule has 0 aliphatic heterocycles. The smallest absolute Gasteiger partial charge is 0.243 e. The van der Waals surface area contributed by atoms with Crippen LogP contribution >= 0.6 is 23.4 Å². The number of nitrogens with zero attached hydrogens (tertiary/aromatic N) is 1. The second kappa shape index (κ2) is 10.3. The van der Waals surface area contributed by atoms with Gasteiger partial charge in [-0.1, -0.05) is 35.9 Å². The van der Waals surface area contributed by atoms with Crippen molar-refractivity contribution in [2.24, 2.45) is 0 Å². The molecule has 0 aliphatic carbocycles. The molecule has 2 aromatic carbocycles. The number of hydrogen-bond acceptors (Lipinski definition) is 4. The van der Waals surface area contributed by atoms with E-state index in [2.05, 4.69) is 5.32 Å². The van der Waals surface area contributed by atoms with Crippen LogP contribution < -0.4 is 9.62 Å². The maximum absolute atomic E-state index is 13.6. The summed E-state index contributed by atoms with van der Waals surface area (Å²) < 4.78 is 39.4. The Bertz CT molecular complexity index is 970. The molecule has 1 amide bonds. The molecule has 0 radical (unpaired) electrons. The lowest BCUT2D eigenvalue weighted by atomic mass is 10.2. The predicted octanol–water partition coefficient (Wildman–Crippen LogP) is 3.99. The van der Waals surface area contributed by atoms with Gasteiger partial charge in [-0.3, -0.25) is 9.10 Å². The van der Waals surface area contributed by atoms with Crippen LogP contribution in [0.1, 0.15) is 18.1 Å². The quantitative estimate of drug-likeness (QED) is 0.577. The average Bonchev–Trinajstić information content (AvgIpc) is 2.64. The Balaban J connectivity index is 1.97. The van der Waals surface area contributed by atoms with Crippen molar-refractivity contribution in [3.8, 4) is 0 Å². The number of sulfonamides is 1. The lowest BCUT2D eigenvalue weighted by Crippen LogP contribution is -2.48. The number of thioether (sulfide) groups is 1. The van der Waals surface area contributed by atoms with Crippen molar-refractivity contribution in [1.82, 2.24) is 5.32 Å². The SMILES string of the molecule is Cc1ccc(Cl)cc1N([C@@H](C)C(=O)NCCSCc1ccccc1F)S(C)(=O)=O.